The van der Waals surface area contributed by atoms with Crippen LogP contribution in [0, 0.1) is 6.92 Å². The lowest BCUT2D eigenvalue weighted by molar-refractivity contribution is 0.101. The summed E-state index contributed by atoms with van der Waals surface area (Å²) in [6, 6.07) is 7.55. The highest BCUT2D eigenvalue weighted by atomic mass is 16.5. The summed E-state index contributed by atoms with van der Waals surface area (Å²) in [5.74, 6) is 0.624. The van der Waals surface area contributed by atoms with Gasteiger partial charge in [0.1, 0.15) is 5.75 Å². The normalized spacial score (nSPS) is 11.6. The van der Waals surface area contributed by atoms with Crippen LogP contribution in [0.25, 0.3) is 5.78 Å². The quantitative estimate of drug-likeness (QED) is 0.793. The summed E-state index contributed by atoms with van der Waals surface area (Å²) in [4.78, 5) is 20.9. The molecule has 0 saturated heterocycles. The van der Waals surface area contributed by atoms with E-state index in [1.807, 2.05) is 25.1 Å². The molecule has 0 unspecified atom stereocenters. The minimum atomic E-state index is -0.408. The lowest BCUT2D eigenvalue weighted by atomic mass is 9.87. The summed E-state index contributed by atoms with van der Waals surface area (Å²) in [7, 11) is 1.57. The first-order valence-corrected chi connectivity index (χ1v) is 7.98. The first kappa shape index (κ1) is 16.9. The Morgan fingerprint density at radius 3 is 2.64 bits per heavy atom. The fourth-order valence-electron chi connectivity index (χ4n) is 2.45. The second-order valence-electron chi connectivity index (χ2n) is 6.85. The van der Waals surface area contributed by atoms with Gasteiger partial charge in [-0.15, -0.1) is 5.10 Å². The fourth-order valence-corrected chi connectivity index (χ4v) is 2.45. The summed E-state index contributed by atoms with van der Waals surface area (Å²) in [6.07, 6.45) is 1.64. The Bertz CT molecular complexity index is 940. The largest absolute Gasteiger partial charge is 0.495 e. The molecule has 130 valence electrons. The molecule has 0 fully saturated rings. The van der Waals surface area contributed by atoms with E-state index in [9.17, 15) is 4.79 Å². The maximum atomic E-state index is 12.6. The number of methoxy groups -OCH3 is 1. The molecule has 0 bridgehead atoms. The smallest absolute Gasteiger partial charge is 0.295 e. The molecule has 2 aromatic heterocycles. The van der Waals surface area contributed by atoms with Crippen molar-refractivity contribution in [2.45, 2.75) is 33.1 Å². The molecule has 3 aromatic rings. The maximum Gasteiger partial charge on any atom is 0.295 e. The number of nitrogens with one attached hydrogen (secondary N) is 1. The second kappa shape index (κ2) is 6.16. The van der Waals surface area contributed by atoms with Gasteiger partial charge < -0.3 is 10.1 Å². The van der Waals surface area contributed by atoms with Crippen LogP contribution in [-0.4, -0.2) is 32.6 Å². The lowest BCUT2D eigenvalue weighted by Gasteiger charge is -2.21. The van der Waals surface area contributed by atoms with Crippen LogP contribution in [0.1, 0.15) is 42.6 Å². The molecule has 0 saturated carbocycles. The predicted octanol–water partition coefficient (Wildman–Crippen LogP) is 2.99. The molecule has 1 N–H and O–H groups in total. The summed E-state index contributed by atoms with van der Waals surface area (Å²) in [6.45, 7) is 8.20. The molecule has 0 aliphatic rings. The highest BCUT2D eigenvalue weighted by molar-refractivity contribution is 6.02. The van der Waals surface area contributed by atoms with Crippen molar-refractivity contribution >= 4 is 17.4 Å². The topological polar surface area (TPSA) is 81.4 Å². The SMILES string of the molecule is COc1ccc(C(C)(C)C)cc1NC(=O)c1nc2nccc(C)n2n1. The third kappa shape index (κ3) is 3.31. The van der Waals surface area contributed by atoms with Crippen LogP contribution in [-0.2, 0) is 5.41 Å². The van der Waals surface area contributed by atoms with E-state index in [0.29, 0.717) is 17.2 Å². The molecular weight excluding hydrogens is 318 g/mol. The van der Waals surface area contributed by atoms with Crippen molar-refractivity contribution in [2.75, 3.05) is 12.4 Å². The summed E-state index contributed by atoms with van der Waals surface area (Å²) >= 11 is 0. The van der Waals surface area contributed by atoms with Crippen molar-refractivity contribution in [1.29, 1.82) is 0 Å². The third-order valence-electron chi connectivity index (χ3n) is 3.95. The van der Waals surface area contributed by atoms with E-state index in [2.05, 4.69) is 41.2 Å². The second-order valence-corrected chi connectivity index (χ2v) is 6.85. The lowest BCUT2D eigenvalue weighted by Crippen LogP contribution is -2.16. The standard InChI is InChI=1S/C18H21N5O2/c1-11-8-9-19-17-21-15(22-23(11)17)16(24)20-13-10-12(18(2,3)4)6-7-14(13)25-5/h6-10H,1-5H3,(H,20,24). The molecule has 7 heteroatoms. The number of nitrogens with zero attached hydrogens (tertiary/aromatic N) is 4. The fraction of sp³-hybridized carbons (Fsp3) is 0.333. The van der Waals surface area contributed by atoms with Crippen molar-refractivity contribution in [3.05, 3.63) is 47.5 Å². The minimum Gasteiger partial charge on any atom is -0.495 e. The van der Waals surface area contributed by atoms with Crippen LogP contribution in [0.3, 0.4) is 0 Å². The number of benzene rings is 1. The van der Waals surface area contributed by atoms with Gasteiger partial charge in [0, 0.05) is 11.9 Å². The summed E-state index contributed by atoms with van der Waals surface area (Å²) in [5.41, 5.74) is 2.48. The molecule has 0 aliphatic heterocycles. The molecule has 0 atom stereocenters. The maximum absolute atomic E-state index is 12.6. The molecule has 3 rings (SSSR count). The van der Waals surface area contributed by atoms with Crippen LogP contribution in [0.15, 0.2) is 30.5 Å². The van der Waals surface area contributed by atoms with E-state index in [-0.39, 0.29) is 11.2 Å². The van der Waals surface area contributed by atoms with Gasteiger partial charge in [-0.3, -0.25) is 4.79 Å². The highest BCUT2D eigenvalue weighted by Gasteiger charge is 2.19. The molecular formula is C18H21N5O2. The molecule has 0 radical (unpaired) electrons. The number of fused-ring (bicyclic) bond motifs is 1. The van der Waals surface area contributed by atoms with E-state index in [0.717, 1.165) is 11.3 Å². The molecule has 0 aliphatic carbocycles. The predicted molar refractivity (Wildman–Crippen MR) is 95.2 cm³/mol. The van der Waals surface area contributed by atoms with E-state index in [1.165, 1.54) is 4.52 Å². The van der Waals surface area contributed by atoms with Crippen LogP contribution >= 0.6 is 0 Å². The van der Waals surface area contributed by atoms with Gasteiger partial charge in [0.05, 0.1) is 12.8 Å². The van der Waals surface area contributed by atoms with Gasteiger partial charge in [0.25, 0.3) is 11.7 Å². The minimum absolute atomic E-state index is 0.0475. The van der Waals surface area contributed by atoms with Crippen LogP contribution in [0.4, 0.5) is 5.69 Å². The number of anilines is 1. The van der Waals surface area contributed by atoms with E-state index in [1.54, 1.807) is 19.4 Å². The van der Waals surface area contributed by atoms with Gasteiger partial charge in [-0.1, -0.05) is 26.8 Å². The Morgan fingerprint density at radius 1 is 1.24 bits per heavy atom. The van der Waals surface area contributed by atoms with E-state index in [4.69, 9.17) is 4.74 Å². The van der Waals surface area contributed by atoms with Crippen molar-refractivity contribution < 1.29 is 9.53 Å². The Morgan fingerprint density at radius 2 is 2.00 bits per heavy atom. The molecule has 1 amide bonds. The molecule has 2 heterocycles. The van der Waals surface area contributed by atoms with Gasteiger partial charge in [-0.2, -0.15) is 4.98 Å². The average molecular weight is 339 g/mol. The Balaban J connectivity index is 1.95. The Labute approximate surface area is 146 Å². The van der Waals surface area contributed by atoms with Crippen LogP contribution in [0.2, 0.25) is 0 Å². The molecule has 25 heavy (non-hydrogen) atoms. The number of aryl methyl sites for hydroxylation is 1. The van der Waals surface area contributed by atoms with E-state index < -0.39 is 5.91 Å². The van der Waals surface area contributed by atoms with Crippen LogP contribution < -0.4 is 10.1 Å². The summed E-state index contributed by atoms with van der Waals surface area (Å²) < 4.78 is 6.89. The van der Waals surface area contributed by atoms with Gasteiger partial charge in [0.2, 0.25) is 5.82 Å². The number of hydrogen-bond acceptors (Lipinski definition) is 5. The van der Waals surface area contributed by atoms with Crippen LogP contribution in [0.5, 0.6) is 5.75 Å². The first-order valence-electron chi connectivity index (χ1n) is 7.98. The Kier molecular flexibility index (Phi) is 4.16. The van der Waals surface area contributed by atoms with Crippen molar-refractivity contribution in [3.8, 4) is 5.75 Å². The molecule has 1 aromatic carbocycles. The van der Waals surface area contributed by atoms with Gasteiger partial charge >= 0.3 is 0 Å². The zero-order valence-electron chi connectivity index (χ0n) is 15.0. The van der Waals surface area contributed by atoms with Gasteiger partial charge in [0.15, 0.2) is 0 Å². The number of rotatable bonds is 3. The zero-order chi connectivity index (χ0) is 18.2. The number of amides is 1. The number of hydrogen-bond donors (Lipinski definition) is 1. The number of ether oxygens (including phenoxy) is 1. The van der Waals surface area contributed by atoms with Gasteiger partial charge in [-0.05, 0) is 36.1 Å². The number of carbonyl (C=O) groups excluding carboxylic acids is 1. The zero-order valence-corrected chi connectivity index (χ0v) is 15.0. The van der Waals surface area contributed by atoms with E-state index >= 15 is 0 Å². The highest BCUT2D eigenvalue weighted by Crippen LogP contribution is 2.31. The number of carbonyl (C=O) groups is 1. The molecule has 0 spiro atoms. The Hall–Kier alpha value is -2.96. The molecule has 7 nitrogen and oxygen atoms in total. The summed E-state index contributed by atoms with van der Waals surface area (Å²) in [5, 5.41) is 7.07. The monoisotopic (exact) mass is 339 g/mol. The number of aromatic nitrogens is 4. The van der Waals surface area contributed by atoms with Crippen molar-refractivity contribution in [2.24, 2.45) is 0 Å². The van der Waals surface area contributed by atoms with Gasteiger partial charge in [-0.25, -0.2) is 9.50 Å². The van der Waals surface area contributed by atoms with Crippen molar-refractivity contribution in [3.63, 3.8) is 0 Å². The van der Waals surface area contributed by atoms with Crippen molar-refractivity contribution in [1.82, 2.24) is 19.6 Å². The third-order valence-corrected chi connectivity index (χ3v) is 3.95. The first-order chi connectivity index (χ1) is 11.8. The average Bonchev–Trinajstić information content (AvgIpc) is 3.00.